The number of hydrogen-bond donors (Lipinski definition) is 3. The molecule has 0 bridgehead atoms. The Labute approximate surface area is 74.7 Å². The second-order valence-corrected chi connectivity index (χ2v) is 4.40. The van der Waals surface area contributed by atoms with Crippen molar-refractivity contribution in [2.24, 2.45) is 5.14 Å². The zero-order chi connectivity index (χ0) is 10.1. The van der Waals surface area contributed by atoms with Crippen LogP contribution in [0.5, 0.6) is 0 Å². The van der Waals surface area contributed by atoms with Gasteiger partial charge in [0, 0.05) is 0 Å². The van der Waals surface area contributed by atoms with Crippen LogP contribution in [0.3, 0.4) is 0 Å². The van der Waals surface area contributed by atoms with E-state index in [4.69, 9.17) is 5.14 Å². The van der Waals surface area contributed by atoms with Gasteiger partial charge >= 0.3 is 6.03 Å². The minimum atomic E-state index is -3.58. The lowest BCUT2D eigenvalue weighted by Crippen LogP contribution is -2.32. The van der Waals surface area contributed by atoms with E-state index in [9.17, 15) is 18.0 Å². The topological polar surface area (TPSA) is 118 Å². The van der Waals surface area contributed by atoms with Gasteiger partial charge < -0.3 is 5.32 Å². The second-order valence-electron chi connectivity index (χ2n) is 2.67. The Kier molecular flexibility index (Phi) is 2.52. The molecule has 1 rings (SSSR count). The highest BCUT2D eigenvalue weighted by atomic mass is 32.2. The van der Waals surface area contributed by atoms with Gasteiger partial charge in [0.2, 0.25) is 10.0 Å². The maximum absolute atomic E-state index is 10.9. The molecule has 0 aliphatic carbocycles. The lowest BCUT2D eigenvalue weighted by atomic mass is 10.2. The molecule has 3 amide bonds. The molecule has 0 saturated carbocycles. The predicted octanol–water partition coefficient (Wildman–Crippen LogP) is -2.13. The minimum absolute atomic E-state index is 0.00356. The zero-order valence-corrected chi connectivity index (χ0v) is 7.43. The molecule has 1 heterocycles. The number of urea groups is 1. The van der Waals surface area contributed by atoms with Crippen molar-refractivity contribution in [2.75, 3.05) is 5.75 Å². The normalized spacial score (nSPS) is 22.7. The number of primary sulfonamides is 1. The average molecular weight is 207 g/mol. The summed E-state index contributed by atoms with van der Waals surface area (Å²) < 4.78 is 21.0. The number of hydrogen-bond acceptors (Lipinski definition) is 4. The summed E-state index contributed by atoms with van der Waals surface area (Å²) in [5.74, 6) is -0.848. The maximum atomic E-state index is 10.9. The molecule has 8 heteroatoms. The molecular weight excluding hydrogens is 198 g/mol. The molecular formula is C5H9N3O4S. The Bertz CT molecular complexity index is 336. The summed E-state index contributed by atoms with van der Waals surface area (Å²) in [6.07, 6.45) is -0.00356. The Balaban J connectivity index is 2.47. The molecule has 0 aromatic rings. The van der Waals surface area contributed by atoms with Crippen molar-refractivity contribution in [1.29, 1.82) is 0 Å². The fourth-order valence-electron chi connectivity index (χ4n) is 0.944. The molecule has 1 aliphatic heterocycles. The lowest BCUT2D eigenvalue weighted by molar-refractivity contribution is -0.120. The number of sulfonamides is 1. The Hall–Kier alpha value is -1.15. The Morgan fingerprint density at radius 1 is 1.38 bits per heavy atom. The van der Waals surface area contributed by atoms with Crippen molar-refractivity contribution in [3.63, 3.8) is 0 Å². The number of carbonyl (C=O) groups is 2. The molecule has 74 valence electrons. The lowest BCUT2D eigenvalue weighted by Gasteiger charge is -2.04. The number of rotatable bonds is 3. The fourth-order valence-corrected chi connectivity index (χ4v) is 1.51. The first kappa shape index (κ1) is 9.93. The van der Waals surface area contributed by atoms with Gasteiger partial charge in [0.1, 0.15) is 6.04 Å². The Morgan fingerprint density at radius 2 is 2.00 bits per heavy atom. The van der Waals surface area contributed by atoms with Gasteiger partial charge in [0.25, 0.3) is 5.91 Å². The van der Waals surface area contributed by atoms with Crippen molar-refractivity contribution < 1.29 is 18.0 Å². The van der Waals surface area contributed by atoms with E-state index in [1.165, 1.54) is 0 Å². The fraction of sp³-hybridized carbons (Fsp3) is 0.600. The van der Waals surface area contributed by atoms with Crippen LogP contribution in [-0.2, 0) is 14.8 Å². The van der Waals surface area contributed by atoms with Crippen molar-refractivity contribution in [3.05, 3.63) is 0 Å². The highest BCUT2D eigenvalue weighted by molar-refractivity contribution is 7.89. The first-order chi connectivity index (χ1) is 5.88. The molecule has 1 aliphatic rings. The number of nitrogens with one attached hydrogen (secondary N) is 2. The van der Waals surface area contributed by atoms with E-state index in [-0.39, 0.29) is 12.2 Å². The summed E-state index contributed by atoms with van der Waals surface area (Å²) >= 11 is 0. The van der Waals surface area contributed by atoms with Crippen LogP contribution in [0.2, 0.25) is 0 Å². The molecule has 0 unspecified atom stereocenters. The van der Waals surface area contributed by atoms with Crippen LogP contribution < -0.4 is 15.8 Å². The van der Waals surface area contributed by atoms with E-state index in [1.54, 1.807) is 0 Å². The van der Waals surface area contributed by atoms with Gasteiger partial charge in [0.15, 0.2) is 0 Å². The highest BCUT2D eigenvalue weighted by Crippen LogP contribution is 1.99. The summed E-state index contributed by atoms with van der Waals surface area (Å²) in [5, 5.41) is 8.96. The second kappa shape index (κ2) is 3.30. The number of imide groups is 1. The van der Waals surface area contributed by atoms with Crippen molar-refractivity contribution in [3.8, 4) is 0 Å². The van der Waals surface area contributed by atoms with Gasteiger partial charge in [-0.25, -0.2) is 18.4 Å². The van der Waals surface area contributed by atoms with E-state index >= 15 is 0 Å². The van der Waals surface area contributed by atoms with Crippen LogP contribution in [0.1, 0.15) is 6.42 Å². The largest absolute Gasteiger partial charge is 0.326 e. The van der Waals surface area contributed by atoms with Gasteiger partial charge in [-0.2, -0.15) is 0 Å². The molecule has 1 atom stereocenters. The van der Waals surface area contributed by atoms with Crippen LogP contribution in [0.15, 0.2) is 0 Å². The van der Waals surface area contributed by atoms with Crippen molar-refractivity contribution in [1.82, 2.24) is 10.6 Å². The van der Waals surface area contributed by atoms with Gasteiger partial charge in [-0.05, 0) is 6.42 Å². The summed E-state index contributed by atoms with van der Waals surface area (Å²) in [5.41, 5.74) is 0. The van der Waals surface area contributed by atoms with Crippen LogP contribution in [0.4, 0.5) is 4.79 Å². The molecule has 0 radical (unpaired) electrons. The maximum Gasteiger partial charge on any atom is 0.322 e. The number of amides is 3. The van der Waals surface area contributed by atoms with E-state index in [1.807, 2.05) is 5.32 Å². The molecule has 1 saturated heterocycles. The summed E-state index contributed by atoms with van der Waals surface area (Å²) in [6.45, 7) is 0. The third-order valence-corrected chi connectivity index (χ3v) is 2.35. The van der Waals surface area contributed by atoms with Crippen LogP contribution in [-0.4, -0.2) is 32.2 Å². The zero-order valence-electron chi connectivity index (χ0n) is 6.61. The molecule has 7 nitrogen and oxygen atoms in total. The molecule has 0 aromatic heterocycles. The summed E-state index contributed by atoms with van der Waals surface area (Å²) in [6, 6.07) is -1.39. The van der Waals surface area contributed by atoms with Gasteiger partial charge in [-0.15, -0.1) is 0 Å². The van der Waals surface area contributed by atoms with Gasteiger partial charge in [-0.3, -0.25) is 10.1 Å². The van der Waals surface area contributed by atoms with E-state index in [0.29, 0.717) is 0 Å². The summed E-state index contributed by atoms with van der Waals surface area (Å²) in [7, 11) is -3.58. The third kappa shape index (κ3) is 2.99. The Morgan fingerprint density at radius 3 is 2.38 bits per heavy atom. The van der Waals surface area contributed by atoms with E-state index < -0.39 is 28.0 Å². The molecule has 0 spiro atoms. The van der Waals surface area contributed by atoms with Crippen LogP contribution in [0.25, 0.3) is 0 Å². The predicted molar refractivity (Wildman–Crippen MR) is 43.1 cm³/mol. The number of nitrogens with two attached hydrogens (primary N) is 1. The molecule has 13 heavy (non-hydrogen) atoms. The third-order valence-electron chi connectivity index (χ3n) is 1.55. The smallest absolute Gasteiger partial charge is 0.322 e. The van der Waals surface area contributed by atoms with Gasteiger partial charge in [-0.1, -0.05) is 0 Å². The molecule has 1 fully saturated rings. The summed E-state index contributed by atoms with van der Waals surface area (Å²) in [4.78, 5) is 21.4. The van der Waals surface area contributed by atoms with Crippen molar-refractivity contribution >= 4 is 22.0 Å². The first-order valence-corrected chi connectivity index (χ1v) is 5.22. The molecule has 0 aromatic carbocycles. The van der Waals surface area contributed by atoms with Crippen LogP contribution >= 0.6 is 0 Å². The monoisotopic (exact) mass is 207 g/mol. The molecule has 4 N–H and O–H groups in total. The number of carbonyl (C=O) groups excluding carboxylic acids is 2. The van der Waals surface area contributed by atoms with E-state index in [0.717, 1.165) is 0 Å². The highest BCUT2D eigenvalue weighted by Gasteiger charge is 2.29. The first-order valence-electron chi connectivity index (χ1n) is 3.50. The van der Waals surface area contributed by atoms with Crippen LogP contribution in [0, 0.1) is 0 Å². The SMILES string of the molecule is NS(=O)(=O)CC[C@H]1NC(=O)NC1=O. The quantitative estimate of drug-likeness (QED) is 0.458. The van der Waals surface area contributed by atoms with Gasteiger partial charge in [0.05, 0.1) is 5.75 Å². The minimum Gasteiger partial charge on any atom is -0.326 e. The standard InChI is InChI=1S/C5H9N3O4S/c6-13(11,12)2-1-3-4(9)8-5(10)7-3/h3H,1-2H2,(H2,6,11,12)(H2,7,8,9,10)/t3-/m1/s1. The average Bonchev–Trinajstić information content (AvgIpc) is 2.24. The van der Waals surface area contributed by atoms with Crippen molar-refractivity contribution in [2.45, 2.75) is 12.5 Å². The van der Waals surface area contributed by atoms with E-state index in [2.05, 4.69) is 5.32 Å².